The molecule has 4 heterocycles. The van der Waals surface area contributed by atoms with Crippen LogP contribution in [0.1, 0.15) is 85.7 Å². The predicted octanol–water partition coefficient (Wildman–Crippen LogP) is 1.68. The normalized spacial score (nSPS) is 17.8. The summed E-state index contributed by atoms with van der Waals surface area (Å²) in [6.45, 7) is 5.61. The fourth-order valence-electron chi connectivity index (χ4n) is 11.3. The van der Waals surface area contributed by atoms with Gasteiger partial charge in [0.2, 0.25) is 29.5 Å². The van der Waals surface area contributed by atoms with Gasteiger partial charge < -0.3 is 51.1 Å². The molecule has 3 aliphatic rings. The first kappa shape index (κ1) is 72.3. The van der Waals surface area contributed by atoms with Gasteiger partial charge in [-0.25, -0.2) is 8.78 Å². The number of ether oxygens (including phenoxy) is 1. The Hall–Kier alpha value is -7.79. The number of carboxylic acids is 3. The third kappa shape index (κ3) is 26.2. The van der Waals surface area contributed by atoms with Crippen LogP contribution in [0, 0.1) is 6.92 Å². The molecule has 91 heavy (non-hydrogen) atoms. The summed E-state index contributed by atoms with van der Waals surface area (Å²) in [4.78, 5) is 135. The van der Waals surface area contributed by atoms with E-state index in [-0.39, 0.29) is 109 Å². The van der Waals surface area contributed by atoms with Gasteiger partial charge in [0.05, 0.1) is 63.0 Å². The number of aromatic nitrogens is 1. The highest BCUT2D eigenvalue weighted by Gasteiger charge is 2.46. The highest BCUT2D eigenvalue weighted by atomic mass is 19.3. The minimum atomic E-state index is -3.05. The SMILES string of the molecule is CN=C[C@H]1CC(F)(F)CN1C(=O)CNC(=O)c1ccnc2ccc(OCCCN3CCN(C(=O)CCCCCNC(=O)C(CCCNC(=O)CCCc4ccc(C)cc4)NC(=O)CN4CCN(CC(=O)O)CCN(CC(=O)O)CCN(CC(=O)O)CC4)CC3)cc12. The molecule has 1 aromatic heterocycles. The number of carboxylic acid groups (broad SMARTS) is 3. The Morgan fingerprint density at radius 3 is 1.89 bits per heavy atom. The lowest BCUT2D eigenvalue weighted by Gasteiger charge is -2.34. The molecule has 1 unspecified atom stereocenters. The van der Waals surface area contributed by atoms with Gasteiger partial charge >= 0.3 is 17.9 Å². The van der Waals surface area contributed by atoms with Crippen LogP contribution in [-0.2, 0) is 44.8 Å². The average molecular weight is 1280 g/mol. The van der Waals surface area contributed by atoms with Crippen LogP contribution >= 0.6 is 0 Å². The molecular formula is C63H91F2N13O13. The zero-order valence-electron chi connectivity index (χ0n) is 52.5. The molecule has 2 aromatic carbocycles. The average Bonchev–Trinajstić information content (AvgIpc) is 2.30. The molecule has 0 bridgehead atoms. The number of aliphatic imine (C=N–C) groups is 1. The summed E-state index contributed by atoms with van der Waals surface area (Å²) < 4.78 is 34.3. The van der Waals surface area contributed by atoms with Crippen molar-refractivity contribution in [2.24, 2.45) is 4.99 Å². The van der Waals surface area contributed by atoms with Crippen molar-refractivity contribution in [3.8, 4) is 5.75 Å². The molecule has 0 radical (unpaired) electrons. The number of rotatable bonds is 33. The van der Waals surface area contributed by atoms with Crippen molar-refractivity contribution < 1.29 is 72.0 Å². The summed E-state index contributed by atoms with van der Waals surface area (Å²) >= 11 is 0. The lowest BCUT2D eigenvalue weighted by Crippen LogP contribution is -2.52. The fourth-order valence-corrected chi connectivity index (χ4v) is 11.3. The van der Waals surface area contributed by atoms with Gasteiger partial charge in [-0.2, -0.15) is 0 Å². The molecule has 3 aliphatic heterocycles. The summed E-state index contributed by atoms with van der Waals surface area (Å²) in [6.07, 6.45) is 7.45. The van der Waals surface area contributed by atoms with Crippen molar-refractivity contribution in [2.75, 3.05) is 151 Å². The topological polar surface area (TPSA) is 320 Å². The number of halogens is 2. The molecule has 6 amide bonds. The fraction of sp³-hybridized carbons (Fsp3) is 0.603. The third-order valence-electron chi connectivity index (χ3n) is 16.3. The minimum absolute atomic E-state index is 0.0502. The van der Waals surface area contributed by atoms with Crippen LogP contribution in [0.15, 0.2) is 59.7 Å². The molecule has 0 aliphatic carbocycles. The maximum absolute atomic E-state index is 14.1. The number of likely N-dealkylation sites (tertiary alicyclic amines) is 1. The van der Waals surface area contributed by atoms with Gasteiger partial charge in [-0.15, -0.1) is 0 Å². The number of nitrogens with zero attached hydrogens (tertiary/aromatic N) is 9. The monoisotopic (exact) mass is 1280 g/mol. The van der Waals surface area contributed by atoms with E-state index in [0.717, 1.165) is 29.0 Å². The van der Waals surface area contributed by atoms with Crippen molar-refractivity contribution in [1.29, 1.82) is 0 Å². The molecular weight excluding hydrogens is 1180 g/mol. The second-order valence-electron chi connectivity index (χ2n) is 23.5. The van der Waals surface area contributed by atoms with Crippen LogP contribution in [0.4, 0.5) is 8.78 Å². The predicted molar refractivity (Wildman–Crippen MR) is 335 cm³/mol. The summed E-state index contributed by atoms with van der Waals surface area (Å²) in [5.41, 5.74) is 3.08. The Morgan fingerprint density at radius 2 is 1.27 bits per heavy atom. The Bertz CT molecular complexity index is 2900. The van der Waals surface area contributed by atoms with Crippen LogP contribution < -0.4 is 26.0 Å². The van der Waals surface area contributed by atoms with Crippen LogP contribution in [0.25, 0.3) is 10.9 Å². The van der Waals surface area contributed by atoms with E-state index in [0.29, 0.717) is 107 Å². The molecule has 28 heteroatoms. The van der Waals surface area contributed by atoms with E-state index in [2.05, 4.69) is 36.1 Å². The van der Waals surface area contributed by atoms with E-state index in [9.17, 15) is 67.3 Å². The van der Waals surface area contributed by atoms with Gasteiger partial charge in [0.1, 0.15) is 11.8 Å². The molecule has 6 rings (SSSR count). The van der Waals surface area contributed by atoms with Crippen LogP contribution in [0.5, 0.6) is 5.75 Å². The standard InChI is InChI=1S/C63H91F2N13O13/c1-46-13-15-47(16-14-46)9-6-11-54(79)68-21-7-10-53(71-55(80)41-73-24-26-74(42-58(83)84)28-30-76(44-60(87)88)31-29-75(27-25-73)43-59(85)86)62(90)69-20-5-3-4-12-56(81)77-34-32-72(33-35-77)23-8-36-91-49-17-18-52-51(37-49)50(19-22-67-52)61(89)70-40-57(82)78-45-63(64,65)38-48(78)39-66-2/h13-19,22,37,39,48,53H,3-12,20-21,23-36,38,40-45H2,1-2H3,(H,68,79)(H,69,90)(H,70,89)(H,71,80)(H,83,84)(H,85,86)(H,87,88)/t48-,53?/m1/s1. The number of fused-ring (bicyclic) bond motifs is 1. The molecule has 3 saturated heterocycles. The Balaban J connectivity index is 0.922. The van der Waals surface area contributed by atoms with Crippen molar-refractivity contribution in [3.05, 3.63) is 71.4 Å². The highest BCUT2D eigenvalue weighted by molar-refractivity contribution is 6.07. The number of hydrogen-bond acceptors (Lipinski definition) is 17. The highest BCUT2D eigenvalue weighted by Crippen LogP contribution is 2.31. The number of hydrogen-bond donors (Lipinski definition) is 7. The van der Waals surface area contributed by atoms with Crippen molar-refractivity contribution in [3.63, 3.8) is 0 Å². The van der Waals surface area contributed by atoms with Crippen molar-refractivity contribution in [1.82, 2.24) is 60.6 Å². The van der Waals surface area contributed by atoms with E-state index >= 15 is 0 Å². The number of aryl methyl sites for hydroxylation is 2. The number of carbonyl (C=O) groups excluding carboxylic acids is 6. The number of piperazine rings is 1. The number of aliphatic carboxylic acids is 3. The van der Waals surface area contributed by atoms with Crippen LogP contribution in [-0.4, -0.2) is 283 Å². The van der Waals surface area contributed by atoms with Crippen LogP contribution in [0.3, 0.4) is 0 Å². The molecule has 3 aromatic rings. The van der Waals surface area contributed by atoms with E-state index in [4.69, 9.17) is 4.74 Å². The minimum Gasteiger partial charge on any atom is -0.494 e. The lowest BCUT2D eigenvalue weighted by atomic mass is 10.1. The van der Waals surface area contributed by atoms with E-state index in [1.807, 2.05) is 36.1 Å². The molecule has 2 atom stereocenters. The first-order chi connectivity index (χ1) is 43.6. The molecule has 0 saturated carbocycles. The van der Waals surface area contributed by atoms with Gasteiger partial charge in [0, 0.05) is 142 Å². The van der Waals surface area contributed by atoms with E-state index in [1.54, 1.807) is 37.8 Å². The molecule has 3 fully saturated rings. The molecule has 0 spiro atoms. The second kappa shape index (κ2) is 37.5. The first-order valence-corrected chi connectivity index (χ1v) is 31.5. The van der Waals surface area contributed by atoms with Crippen molar-refractivity contribution >= 4 is 70.5 Å². The van der Waals surface area contributed by atoms with Gasteiger partial charge in [-0.3, -0.25) is 77.6 Å². The summed E-state index contributed by atoms with van der Waals surface area (Å²) in [6, 6.07) is 13.0. The number of pyridine rings is 1. The maximum atomic E-state index is 14.1. The van der Waals surface area contributed by atoms with E-state index < -0.39 is 79.1 Å². The summed E-state index contributed by atoms with van der Waals surface area (Å²) in [5, 5.41) is 40.6. The number of unbranched alkanes of at least 4 members (excludes halogenated alkanes) is 2. The molecule has 500 valence electrons. The summed E-state index contributed by atoms with van der Waals surface area (Å²) in [7, 11) is 1.45. The third-order valence-corrected chi connectivity index (χ3v) is 16.3. The van der Waals surface area contributed by atoms with Gasteiger partial charge in [-0.05, 0) is 81.7 Å². The lowest BCUT2D eigenvalue weighted by molar-refractivity contribution is -0.140. The van der Waals surface area contributed by atoms with Crippen LogP contribution in [0.2, 0.25) is 0 Å². The Labute approximate surface area is 530 Å². The number of benzene rings is 2. The Morgan fingerprint density at radius 1 is 0.670 bits per heavy atom. The van der Waals surface area contributed by atoms with Gasteiger partial charge in [-0.1, -0.05) is 36.2 Å². The van der Waals surface area contributed by atoms with Gasteiger partial charge in [0.15, 0.2) is 0 Å². The zero-order valence-corrected chi connectivity index (χ0v) is 52.5. The molecule has 26 nitrogen and oxygen atoms in total. The largest absolute Gasteiger partial charge is 0.494 e. The second-order valence-corrected chi connectivity index (χ2v) is 23.5. The number of carbonyl (C=O) groups is 9. The maximum Gasteiger partial charge on any atom is 0.317 e. The van der Waals surface area contributed by atoms with Gasteiger partial charge in [0.25, 0.3) is 11.8 Å². The number of nitrogens with one attached hydrogen (secondary N) is 4. The molecule has 7 N–H and O–H groups in total. The summed E-state index contributed by atoms with van der Waals surface area (Å²) in [5.74, 6) is -7.92. The number of alkyl halides is 2. The Kier molecular flexibility index (Phi) is 29.8. The smallest absolute Gasteiger partial charge is 0.317 e. The first-order valence-electron chi connectivity index (χ1n) is 31.5. The van der Waals surface area contributed by atoms with E-state index in [1.165, 1.54) is 25.5 Å². The van der Waals surface area contributed by atoms with Crippen molar-refractivity contribution in [2.45, 2.75) is 95.6 Å². The quantitative estimate of drug-likeness (QED) is 0.0337. The number of amides is 6. The zero-order chi connectivity index (χ0) is 65.7.